The largest absolute Gasteiger partial charge is 0.477 e. The average Bonchev–Trinajstić information content (AvgIpc) is 0.755. The summed E-state index contributed by atoms with van der Waals surface area (Å²) in [6.07, 6.45) is 36.2. The van der Waals surface area contributed by atoms with Gasteiger partial charge < -0.3 is 100 Å². The Morgan fingerprint density at radius 3 is 1.29 bits per heavy atom. The zero-order chi connectivity index (χ0) is 75.3. The number of rotatable bonds is 66. The van der Waals surface area contributed by atoms with Gasteiger partial charge >= 0.3 is 5.97 Å². The van der Waals surface area contributed by atoms with Crippen LogP contribution in [0.4, 0.5) is 0 Å². The minimum atomic E-state index is -3.08. The number of amides is 2. The number of allylic oxidation sites excluding steroid dienone is 1. The first-order valence-corrected chi connectivity index (χ1v) is 41.6. The van der Waals surface area contributed by atoms with E-state index in [1.165, 1.54) is 250 Å². The molecule has 3 heterocycles. The molecule has 0 aromatic carbocycles. The maximum Gasteiger partial charge on any atom is 0.364 e. The summed E-state index contributed by atoms with van der Waals surface area (Å²) in [6.45, 7) is 2.14. The Hall–Kier alpha value is -2.53. The normalized spacial score (nSPS) is 26.5. The lowest BCUT2D eigenvalue weighted by molar-refractivity contribution is -0.386. The van der Waals surface area contributed by atoms with Crippen molar-refractivity contribution in [3.8, 4) is 0 Å². The molecule has 0 aliphatic carbocycles. The number of aliphatic carboxylic acids is 1. The molecule has 0 aromatic rings. The van der Waals surface area contributed by atoms with Crippen molar-refractivity contribution in [3.05, 3.63) is 12.2 Å². The lowest BCUT2D eigenvalue weighted by Crippen LogP contribution is -2.70. The van der Waals surface area contributed by atoms with Crippen LogP contribution in [0, 0.1) is 0 Å². The Morgan fingerprint density at radius 1 is 0.505 bits per heavy atom. The zero-order valence-corrected chi connectivity index (χ0v) is 64.2. The second-order valence-electron chi connectivity index (χ2n) is 30.4. The van der Waals surface area contributed by atoms with Gasteiger partial charge in [-0.05, 0) is 19.3 Å². The van der Waals surface area contributed by atoms with Crippen molar-refractivity contribution in [2.75, 3.05) is 26.4 Å². The van der Waals surface area contributed by atoms with Gasteiger partial charge in [0.2, 0.25) is 11.8 Å². The standard InChI is InChI=1S/C80H150N2O21/c1-4-6-8-10-12-14-16-17-18-19-20-21-22-23-24-25-26-27-28-29-30-31-32-33-34-35-36-37-38-39-40-41-42-43-44-46-48-50-52-54-67(90)82-61(62(87)53-51-49-47-45-15-13-11-9-7-5-2)59-98-77-72(94)71(93)74(66(58-85)100-77)101-78-73(95)76(70(92)65(57-84)99-78)103-80(79(96)97)55-63(88)68(81-60(3)86)75(102-80)69(91)64(89)56-83/h51,53,61-66,68-78,83-85,87-89,91-95H,4-50,52,54-59H2,1-3H3,(H,81,86)(H,82,90)(H,96,97)/b53-51+. The molecule has 3 fully saturated rings. The van der Waals surface area contributed by atoms with Crippen LogP contribution in [0.15, 0.2) is 12.2 Å². The number of carboxylic acid groups (broad SMARTS) is 1. The fourth-order valence-electron chi connectivity index (χ4n) is 14.7. The Bertz CT molecular complexity index is 2100. The third-order valence-electron chi connectivity index (χ3n) is 21.2. The topological polar surface area (TPSA) is 373 Å². The molecule has 18 unspecified atom stereocenters. The molecule has 0 spiro atoms. The molecule has 606 valence electrons. The van der Waals surface area contributed by atoms with Crippen LogP contribution in [0.5, 0.6) is 0 Å². The molecule has 0 bridgehead atoms. The fourth-order valence-corrected chi connectivity index (χ4v) is 14.7. The highest BCUT2D eigenvalue weighted by Crippen LogP contribution is 2.39. The number of carbonyl (C=O) groups is 3. The monoisotopic (exact) mass is 1480 g/mol. The van der Waals surface area contributed by atoms with Crippen LogP contribution in [0.3, 0.4) is 0 Å². The number of carbonyl (C=O) groups excluding carboxylic acids is 2. The van der Waals surface area contributed by atoms with Crippen molar-refractivity contribution in [2.45, 2.75) is 452 Å². The van der Waals surface area contributed by atoms with E-state index in [1.807, 2.05) is 6.08 Å². The van der Waals surface area contributed by atoms with Crippen LogP contribution in [0.2, 0.25) is 0 Å². The molecular formula is C80H150N2O21. The first-order valence-electron chi connectivity index (χ1n) is 41.6. The van der Waals surface area contributed by atoms with E-state index in [1.54, 1.807) is 6.08 Å². The highest BCUT2D eigenvalue weighted by molar-refractivity contribution is 5.77. The van der Waals surface area contributed by atoms with Gasteiger partial charge in [0.15, 0.2) is 12.6 Å². The molecule has 18 atom stereocenters. The molecule has 3 aliphatic heterocycles. The Morgan fingerprint density at radius 2 is 0.903 bits per heavy atom. The Kier molecular flexibility index (Phi) is 54.6. The molecule has 0 radical (unpaired) electrons. The van der Waals surface area contributed by atoms with Crippen molar-refractivity contribution in [2.24, 2.45) is 0 Å². The van der Waals surface area contributed by atoms with Gasteiger partial charge in [-0.3, -0.25) is 9.59 Å². The highest BCUT2D eigenvalue weighted by atomic mass is 16.8. The number of hydrogen-bond donors (Lipinski definition) is 14. The second-order valence-corrected chi connectivity index (χ2v) is 30.4. The van der Waals surface area contributed by atoms with E-state index in [9.17, 15) is 75.7 Å². The van der Waals surface area contributed by atoms with E-state index in [0.29, 0.717) is 12.8 Å². The molecule has 0 aromatic heterocycles. The summed E-state index contributed by atoms with van der Waals surface area (Å²) in [4.78, 5) is 38.6. The molecule has 2 amide bonds. The summed E-state index contributed by atoms with van der Waals surface area (Å²) >= 11 is 0. The number of carboxylic acids is 1. The van der Waals surface area contributed by atoms with Crippen LogP contribution in [-0.4, -0.2) is 215 Å². The smallest absolute Gasteiger partial charge is 0.364 e. The van der Waals surface area contributed by atoms with Gasteiger partial charge in [-0.1, -0.05) is 315 Å². The minimum Gasteiger partial charge on any atom is -0.477 e. The third-order valence-corrected chi connectivity index (χ3v) is 21.2. The SMILES string of the molecule is CCCCCCCCCC/C=C/C(O)C(COC1OC(CO)C(OC2OC(CO)C(O)C(OC3(C(=O)O)CC(O)C(NC(C)=O)C(C(O)C(O)CO)O3)C2O)C(O)C1O)NC(=O)CCCCCCCCCCCCCCCCCCCCCCCCCCCCCCCCCCCCCCCCC. The Balaban J connectivity index is 1.35. The van der Waals surface area contributed by atoms with Crippen molar-refractivity contribution in [1.82, 2.24) is 10.6 Å². The first kappa shape index (κ1) is 94.7. The summed E-state index contributed by atoms with van der Waals surface area (Å²) in [7, 11) is 0. The van der Waals surface area contributed by atoms with Gasteiger partial charge in [0.1, 0.15) is 67.1 Å². The lowest BCUT2D eigenvalue weighted by atomic mass is 9.88. The summed E-state index contributed by atoms with van der Waals surface area (Å²) in [5.74, 6) is -6.13. The van der Waals surface area contributed by atoms with E-state index >= 15 is 0 Å². The molecule has 103 heavy (non-hydrogen) atoms. The van der Waals surface area contributed by atoms with Crippen LogP contribution in [-0.2, 0) is 42.8 Å². The molecular weight excluding hydrogens is 1320 g/mol. The predicted molar refractivity (Wildman–Crippen MR) is 398 cm³/mol. The van der Waals surface area contributed by atoms with E-state index in [0.717, 1.165) is 51.9 Å². The molecule has 23 heteroatoms. The maximum atomic E-state index is 13.5. The molecule has 0 saturated carbocycles. The van der Waals surface area contributed by atoms with Crippen molar-refractivity contribution in [3.63, 3.8) is 0 Å². The Labute approximate surface area is 620 Å². The summed E-state index contributed by atoms with van der Waals surface area (Å²) in [6, 6.07) is -2.61. The number of aliphatic hydroxyl groups excluding tert-OH is 11. The van der Waals surface area contributed by atoms with E-state index in [2.05, 4.69) is 24.5 Å². The predicted octanol–water partition coefficient (Wildman–Crippen LogP) is 11.4. The lowest BCUT2D eigenvalue weighted by Gasteiger charge is -2.50. The fraction of sp³-hybridized carbons (Fsp3) is 0.938. The van der Waals surface area contributed by atoms with E-state index < -0.39 is 155 Å². The van der Waals surface area contributed by atoms with Crippen molar-refractivity contribution < 1.29 is 104 Å². The highest BCUT2D eigenvalue weighted by Gasteiger charge is 2.60. The first-order chi connectivity index (χ1) is 49.9. The van der Waals surface area contributed by atoms with Crippen molar-refractivity contribution >= 4 is 17.8 Å². The third kappa shape index (κ3) is 39.6. The van der Waals surface area contributed by atoms with Gasteiger partial charge in [0.05, 0.1) is 50.7 Å². The van der Waals surface area contributed by atoms with E-state index in [4.69, 9.17) is 28.4 Å². The summed E-state index contributed by atoms with van der Waals surface area (Å²) < 4.78 is 34.8. The summed E-state index contributed by atoms with van der Waals surface area (Å²) in [5.41, 5.74) is 0. The van der Waals surface area contributed by atoms with Gasteiger partial charge in [0.25, 0.3) is 5.79 Å². The number of unbranched alkanes of at least 4 members (excludes halogenated alkanes) is 46. The summed E-state index contributed by atoms with van der Waals surface area (Å²) in [5, 5.41) is 136. The van der Waals surface area contributed by atoms with Gasteiger partial charge in [-0.25, -0.2) is 4.79 Å². The molecule has 23 nitrogen and oxygen atoms in total. The molecule has 3 aliphatic rings. The zero-order valence-electron chi connectivity index (χ0n) is 64.2. The maximum absolute atomic E-state index is 13.5. The molecule has 3 rings (SSSR count). The molecule has 14 N–H and O–H groups in total. The van der Waals surface area contributed by atoms with Crippen LogP contribution >= 0.6 is 0 Å². The van der Waals surface area contributed by atoms with Crippen LogP contribution in [0.1, 0.15) is 342 Å². The quantitative estimate of drug-likeness (QED) is 0.0199. The van der Waals surface area contributed by atoms with Gasteiger partial charge in [0, 0.05) is 19.8 Å². The average molecular weight is 1480 g/mol. The van der Waals surface area contributed by atoms with E-state index in [-0.39, 0.29) is 12.3 Å². The number of ether oxygens (including phenoxy) is 6. The number of nitrogens with one attached hydrogen (secondary N) is 2. The van der Waals surface area contributed by atoms with Gasteiger partial charge in [-0.2, -0.15) is 0 Å². The minimum absolute atomic E-state index is 0.205. The van der Waals surface area contributed by atoms with Crippen LogP contribution < -0.4 is 10.6 Å². The molecule has 3 saturated heterocycles. The van der Waals surface area contributed by atoms with Gasteiger partial charge in [-0.15, -0.1) is 0 Å². The second kappa shape index (κ2) is 59.4. The van der Waals surface area contributed by atoms with Crippen molar-refractivity contribution in [1.29, 1.82) is 0 Å². The van der Waals surface area contributed by atoms with Crippen LogP contribution in [0.25, 0.3) is 0 Å². The number of aliphatic hydroxyl groups is 11. The number of hydrogen-bond acceptors (Lipinski definition) is 20.